The van der Waals surface area contributed by atoms with Crippen LogP contribution in [0.1, 0.15) is 49.9 Å². The van der Waals surface area contributed by atoms with Gasteiger partial charge in [-0.05, 0) is 61.6 Å². The van der Waals surface area contributed by atoms with Crippen molar-refractivity contribution in [2.45, 2.75) is 40.8 Å². The van der Waals surface area contributed by atoms with E-state index in [1.807, 2.05) is 24.3 Å². The highest BCUT2D eigenvalue weighted by molar-refractivity contribution is 5.84. The fourth-order valence-electron chi connectivity index (χ4n) is 3.46. The summed E-state index contributed by atoms with van der Waals surface area (Å²) in [7, 11) is 0. The highest BCUT2D eigenvalue weighted by Crippen LogP contribution is 2.19. The van der Waals surface area contributed by atoms with Crippen LogP contribution in [0.25, 0.3) is 0 Å². The van der Waals surface area contributed by atoms with Crippen LogP contribution < -0.4 is 0 Å². The van der Waals surface area contributed by atoms with Crippen molar-refractivity contribution in [3.8, 4) is 11.5 Å². The minimum Gasteiger partial charge on any atom is -0.507 e. The van der Waals surface area contributed by atoms with Crippen LogP contribution in [0.2, 0.25) is 0 Å². The molecule has 0 aliphatic rings. The number of benzene rings is 2. The number of rotatable bonds is 13. The summed E-state index contributed by atoms with van der Waals surface area (Å²) in [6, 6.07) is 11.3. The van der Waals surface area contributed by atoms with Crippen LogP contribution in [0.5, 0.6) is 11.5 Å². The maximum absolute atomic E-state index is 10.1. The van der Waals surface area contributed by atoms with Crippen LogP contribution in [0, 0.1) is 0 Å². The van der Waals surface area contributed by atoms with Crippen molar-refractivity contribution in [2.75, 3.05) is 39.3 Å². The van der Waals surface area contributed by atoms with E-state index in [-0.39, 0.29) is 11.5 Å². The summed E-state index contributed by atoms with van der Waals surface area (Å²) >= 11 is 0. The molecule has 2 aromatic rings. The molecule has 0 radical (unpaired) electrons. The van der Waals surface area contributed by atoms with Crippen molar-refractivity contribution in [2.24, 2.45) is 9.98 Å². The van der Waals surface area contributed by atoms with Crippen molar-refractivity contribution in [1.82, 2.24) is 9.80 Å². The molecule has 0 heterocycles. The number of aliphatic imine (C=N–C) groups is 2. The highest BCUT2D eigenvalue weighted by Gasteiger charge is 2.06. The second-order valence-corrected chi connectivity index (χ2v) is 7.78. The summed E-state index contributed by atoms with van der Waals surface area (Å²) in [5.74, 6) is 0.464. The maximum atomic E-state index is 10.1. The first kappa shape index (κ1) is 25.6. The van der Waals surface area contributed by atoms with Gasteiger partial charge in [-0.1, -0.05) is 39.8 Å². The summed E-state index contributed by atoms with van der Waals surface area (Å²) < 4.78 is 0. The third-order valence-electron chi connectivity index (χ3n) is 5.60. The lowest BCUT2D eigenvalue weighted by Gasteiger charge is -2.18. The quantitative estimate of drug-likeness (QED) is 0.361. The lowest BCUT2D eigenvalue weighted by Crippen LogP contribution is -2.22. The molecule has 0 saturated carbocycles. The minimum atomic E-state index is 0.232. The van der Waals surface area contributed by atoms with Crippen molar-refractivity contribution in [3.63, 3.8) is 0 Å². The number of aromatic hydroxyl groups is 2. The fraction of sp³-hybridized carbons (Fsp3) is 0.462. The number of hydrogen-bond acceptors (Lipinski definition) is 6. The Hall–Kier alpha value is -2.70. The van der Waals surface area contributed by atoms with Crippen LogP contribution in [-0.2, 0) is 13.1 Å². The summed E-state index contributed by atoms with van der Waals surface area (Å²) in [5.41, 5.74) is 3.76. The molecule has 0 aliphatic carbocycles. The van der Waals surface area contributed by atoms with Crippen LogP contribution in [-0.4, -0.2) is 71.7 Å². The molecule has 6 nitrogen and oxygen atoms in total. The molecule has 2 aromatic carbocycles. The van der Waals surface area contributed by atoms with Crippen molar-refractivity contribution in [3.05, 3.63) is 58.7 Å². The molecule has 174 valence electrons. The molecule has 0 unspecified atom stereocenters. The summed E-state index contributed by atoms with van der Waals surface area (Å²) in [5, 5.41) is 20.2. The zero-order valence-corrected chi connectivity index (χ0v) is 20.0. The monoisotopic (exact) mass is 438 g/mol. The number of hydrogen-bond donors (Lipinski definition) is 2. The Bertz CT molecular complexity index is 814. The predicted molar refractivity (Wildman–Crippen MR) is 134 cm³/mol. The molecule has 0 aliphatic heterocycles. The van der Waals surface area contributed by atoms with Gasteiger partial charge >= 0.3 is 0 Å². The molecule has 2 N–H and O–H groups in total. The van der Waals surface area contributed by atoms with E-state index in [0.29, 0.717) is 13.1 Å². The largest absolute Gasteiger partial charge is 0.507 e. The van der Waals surface area contributed by atoms with Crippen molar-refractivity contribution in [1.29, 1.82) is 0 Å². The van der Waals surface area contributed by atoms with Gasteiger partial charge in [-0.3, -0.25) is 19.8 Å². The first-order valence-corrected chi connectivity index (χ1v) is 11.6. The van der Waals surface area contributed by atoms with Gasteiger partial charge in [0.2, 0.25) is 0 Å². The second-order valence-electron chi connectivity index (χ2n) is 7.78. The lowest BCUT2D eigenvalue weighted by atomic mass is 10.1. The van der Waals surface area contributed by atoms with Gasteiger partial charge in [0.15, 0.2) is 0 Å². The topological polar surface area (TPSA) is 71.7 Å². The van der Waals surface area contributed by atoms with Gasteiger partial charge in [-0.2, -0.15) is 0 Å². The molecule has 0 spiro atoms. The Kier molecular flexibility index (Phi) is 10.9. The summed E-state index contributed by atoms with van der Waals surface area (Å²) in [6.45, 7) is 15.3. The average molecular weight is 439 g/mol. The van der Waals surface area contributed by atoms with Crippen molar-refractivity contribution < 1.29 is 10.2 Å². The Labute approximate surface area is 192 Å². The Morgan fingerprint density at radius 1 is 0.656 bits per heavy atom. The highest BCUT2D eigenvalue weighted by atomic mass is 16.3. The van der Waals surface area contributed by atoms with Crippen LogP contribution in [0.3, 0.4) is 0 Å². The molecule has 32 heavy (non-hydrogen) atoms. The van der Waals surface area contributed by atoms with E-state index in [1.165, 1.54) is 0 Å². The normalized spacial score (nSPS) is 12.1. The average Bonchev–Trinajstić information content (AvgIpc) is 2.81. The predicted octanol–water partition coefficient (Wildman–Crippen LogP) is 4.32. The van der Waals surface area contributed by atoms with E-state index in [2.05, 4.69) is 47.5 Å². The lowest BCUT2D eigenvalue weighted by molar-refractivity contribution is 0.295. The number of phenols is 2. The summed E-state index contributed by atoms with van der Waals surface area (Å²) in [6.07, 6.45) is 3.41. The third-order valence-corrected chi connectivity index (χ3v) is 5.60. The molecule has 0 atom stereocenters. The second kappa shape index (κ2) is 13.7. The van der Waals surface area contributed by atoms with Gasteiger partial charge in [-0.15, -0.1) is 0 Å². The standard InChI is InChI=1S/C26H38N4O2/c1-5-29(6-2)19-21-9-11-25(31)23(15-21)17-27-13-14-28-18-24-16-22(10-12-26(24)32)20-30(7-3)8-4/h9-12,15-18,31-32H,5-8,13-14,19-20H2,1-4H3/b27-17-,28-18-. The molecule has 2 rings (SSSR count). The molecule has 0 aromatic heterocycles. The van der Waals surface area contributed by atoms with Gasteiger partial charge in [0.25, 0.3) is 0 Å². The number of phenolic OH excluding ortho intramolecular Hbond substituents is 2. The maximum Gasteiger partial charge on any atom is 0.124 e. The van der Waals surface area contributed by atoms with E-state index in [9.17, 15) is 10.2 Å². The van der Waals surface area contributed by atoms with E-state index in [1.54, 1.807) is 24.6 Å². The van der Waals surface area contributed by atoms with Gasteiger partial charge in [0.1, 0.15) is 11.5 Å². The third kappa shape index (κ3) is 8.09. The molecule has 0 fully saturated rings. The van der Waals surface area contributed by atoms with Gasteiger partial charge in [-0.25, -0.2) is 0 Å². The minimum absolute atomic E-state index is 0.232. The number of nitrogens with zero attached hydrogens (tertiary/aromatic N) is 4. The fourth-order valence-corrected chi connectivity index (χ4v) is 3.46. The molecular formula is C26H38N4O2. The molecule has 0 bridgehead atoms. The Morgan fingerprint density at radius 3 is 1.38 bits per heavy atom. The Morgan fingerprint density at radius 2 is 1.03 bits per heavy atom. The van der Waals surface area contributed by atoms with E-state index >= 15 is 0 Å². The molecule has 6 heteroatoms. The first-order valence-electron chi connectivity index (χ1n) is 11.6. The van der Waals surface area contributed by atoms with E-state index in [0.717, 1.165) is 61.5 Å². The van der Waals surface area contributed by atoms with Gasteiger partial charge in [0.05, 0.1) is 13.1 Å². The Balaban J connectivity index is 1.93. The zero-order valence-electron chi connectivity index (χ0n) is 20.0. The van der Waals surface area contributed by atoms with E-state index in [4.69, 9.17) is 0 Å². The molecule has 0 saturated heterocycles. The SMILES string of the molecule is CCN(CC)Cc1ccc(O)c(/C=N\CC/N=C\c2cc(CN(CC)CC)ccc2O)c1. The van der Waals surface area contributed by atoms with Gasteiger partial charge < -0.3 is 10.2 Å². The zero-order chi connectivity index (χ0) is 23.3. The summed E-state index contributed by atoms with van der Waals surface area (Å²) in [4.78, 5) is 13.5. The smallest absolute Gasteiger partial charge is 0.124 e. The van der Waals surface area contributed by atoms with Crippen LogP contribution in [0.15, 0.2) is 46.4 Å². The van der Waals surface area contributed by atoms with Crippen molar-refractivity contribution >= 4 is 12.4 Å². The molecular weight excluding hydrogens is 400 g/mol. The van der Waals surface area contributed by atoms with E-state index < -0.39 is 0 Å². The molecule has 0 amide bonds. The first-order chi connectivity index (χ1) is 15.5. The van der Waals surface area contributed by atoms with Crippen LogP contribution in [0.4, 0.5) is 0 Å². The van der Waals surface area contributed by atoms with Crippen LogP contribution >= 0.6 is 0 Å². The van der Waals surface area contributed by atoms with Gasteiger partial charge in [0, 0.05) is 36.6 Å².